The fraction of sp³-hybridized carbons (Fsp3) is 0.545. The molecule has 1 rings (SSSR count). The van der Waals surface area contributed by atoms with Crippen molar-refractivity contribution >= 4 is 11.3 Å². The Morgan fingerprint density at radius 1 is 1.50 bits per heavy atom. The zero-order valence-electron chi connectivity index (χ0n) is 8.76. The minimum atomic E-state index is 0.943. The zero-order valence-corrected chi connectivity index (χ0v) is 9.58. The smallest absolute Gasteiger partial charge is 0.0797 e. The molecule has 14 heavy (non-hydrogen) atoms. The molecule has 0 saturated carbocycles. The highest BCUT2D eigenvalue weighted by atomic mass is 32.1. The molecular weight excluding hydrogens is 192 g/mol. The molecule has 0 atom stereocenters. The minimum absolute atomic E-state index is 0.943. The van der Waals surface area contributed by atoms with Gasteiger partial charge in [-0.05, 0) is 20.3 Å². The summed E-state index contributed by atoms with van der Waals surface area (Å²) in [5, 5.41) is 3.36. The third-order valence-corrected chi connectivity index (χ3v) is 2.97. The lowest BCUT2D eigenvalue weighted by Crippen LogP contribution is -2.18. The topological polar surface area (TPSA) is 24.9 Å². The predicted molar refractivity (Wildman–Crippen MR) is 61.5 cm³/mol. The summed E-state index contributed by atoms with van der Waals surface area (Å²) in [5.41, 5.74) is 3.08. The van der Waals surface area contributed by atoms with Crippen LogP contribution in [0.4, 0.5) is 0 Å². The molecule has 0 fully saturated rings. The maximum atomic E-state index is 4.21. The molecule has 0 unspecified atom stereocenters. The van der Waals surface area contributed by atoms with Crippen LogP contribution in [0.5, 0.6) is 0 Å². The first-order valence-electron chi connectivity index (χ1n) is 4.84. The predicted octanol–water partition coefficient (Wildman–Crippen LogP) is 2.00. The van der Waals surface area contributed by atoms with Crippen LogP contribution in [0.1, 0.15) is 23.9 Å². The van der Waals surface area contributed by atoms with Crippen molar-refractivity contribution in [1.82, 2.24) is 10.3 Å². The normalized spacial score (nSPS) is 9.57. The van der Waals surface area contributed by atoms with Crippen LogP contribution in [-0.4, -0.2) is 18.1 Å². The molecule has 0 bridgehead atoms. The molecule has 0 spiro atoms. The third-order valence-electron chi connectivity index (χ3n) is 1.98. The van der Waals surface area contributed by atoms with E-state index in [4.69, 9.17) is 0 Å². The highest BCUT2D eigenvalue weighted by Crippen LogP contribution is 2.11. The van der Waals surface area contributed by atoms with Gasteiger partial charge >= 0.3 is 0 Å². The van der Waals surface area contributed by atoms with Gasteiger partial charge in [0.25, 0.3) is 0 Å². The Morgan fingerprint density at radius 3 is 3.00 bits per heavy atom. The van der Waals surface area contributed by atoms with Crippen LogP contribution in [0.25, 0.3) is 0 Å². The van der Waals surface area contributed by atoms with Crippen LogP contribution >= 0.6 is 11.3 Å². The molecule has 3 heteroatoms. The number of hydrogen-bond acceptors (Lipinski definition) is 3. The Kier molecular flexibility index (Phi) is 5.28. The van der Waals surface area contributed by atoms with Crippen LogP contribution < -0.4 is 5.32 Å². The van der Waals surface area contributed by atoms with E-state index in [0.717, 1.165) is 25.9 Å². The number of rotatable bonds is 5. The van der Waals surface area contributed by atoms with Gasteiger partial charge in [0.2, 0.25) is 0 Å². The first-order chi connectivity index (χ1) is 6.84. The Bertz CT molecular complexity index is 320. The molecule has 0 aliphatic heterocycles. The maximum Gasteiger partial charge on any atom is 0.0797 e. The molecule has 0 amide bonds. The van der Waals surface area contributed by atoms with Gasteiger partial charge in [-0.25, -0.2) is 4.98 Å². The lowest BCUT2D eigenvalue weighted by atomic mass is 10.3. The van der Waals surface area contributed by atoms with Gasteiger partial charge in [-0.2, -0.15) is 0 Å². The van der Waals surface area contributed by atoms with Crippen LogP contribution in [0.3, 0.4) is 0 Å². The van der Waals surface area contributed by atoms with E-state index in [2.05, 4.69) is 29.1 Å². The molecule has 1 aromatic rings. The summed E-state index contributed by atoms with van der Waals surface area (Å²) in [6.45, 7) is 5.95. The largest absolute Gasteiger partial charge is 0.315 e. The second-order valence-corrected chi connectivity index (χ2v) is 3.98. The summed E-state index contributed by atoms with van der Waals surface area (Å²) in [5.74, 6) is 5.91. The minimum Gasteiger partial charge on any atom is -0.315 e. The molecule has 1 heterocycles. The van der Waals surface area contributed by atoms with Gasteiger partial charge in [0.15, 0.2) is 0 Å². The molecule has 0 aliphatic rings. The average molecular weight is 208 g/mol. The molecule has 0 aliphatic carbocycles. The monoisotopic (exact) mass is 208 g/mol. The zero-order chi connectivity index (χ0) is 10.2. The Balaban J connectivity index is 2.09. The van der Waals surface area contributed by atoms with Gasteiger partial charge in [0.05, 0.1) is 11.2 Å². The highest BCUT2D eigenvalue weighted by molar-refractivity contribution is 7.09. The van der Waals surface area contributed by atoms with Crippen LogP contribution in [0.2, 0.25) is 0 Å². The SMILES string of the molecule is CC#CCCNCCc1scnc1C. The Labute approximate surface area is 89.8 Å². The van der Waals surface area contributed by atoms with E-state index < -0.39 is 0 Å². The van der Waals surface area contributed by atoms with Crippen molar-refractivity contribution in [2.24, 2.45) is 0 Å². The number of aryl methyl sites for hydroxylation is 1. The number of nitrogens with zero attached hydrogens (tertiary/aromatic N) is 1. The lowest BCUT2D eigenvalue weighted by molar-refractivity contribution is 0.696. The number of aromatic nitrogens is 1. The van der Waals surface area contributed by atoms with E-state index >= 15 is 0 Å². The van der Waals surface area contributed by atoms with Gasteiger partial charge in [-0.3, -0.25) is 0 Å². The Morgan fingerprint density at radius 2 is 2.36 bits per heavy atom. The molecule has 1 aromatic heterocycles. The van der Waals surface area contributed by atoms with E-state index in [0.29, 0.717) is 0 Å². The summed E-state index contributed by atoms with van der Waals surface area (Å²) in [6, 6.07) is 0. The van der Waals surface area contributed by atoms with Gasteiger partial charge in [0.1, 0.15) is 0 Å². The van der Waals surface area contributed by atoms with E-state index in [1.54, 1.807) is 11.3 Å². The van der Waals surface area contributed by atoms with Gasteiger partial charge < -0.3 is 5.32 Å². The van der Waals surface area contributed by atoms with Crippen LogP contribution in [0, 0.1) is 18.8 Å². The molecule has 0 saturated heterocycles. The summed E-state index contributed by atoms with van der Waals surface area (Å²) in [6.07, 6.45) is 2.02. The van der Waals surface area contributed by atoms with Crippen molar-refractivity contribution in [1.29, 1.82) is 0 Å². The second-order valence-electron chi connectivity index (χ2n) is 3.04. The fourth-order valence-corrected chi connectivity index (χ4v) is 1.95. The maximum absolute atomic E-state index is 4.21. The van der Waals surface area contributed by atoms with Crippen molar-refractivity contribution < 1.29 is 0 Å². The fourth-order valence-electron chi connectivity index (χ4n) is 1.17. The number of hydrogen-bond donors (Lipinski definition) is 1. The summed E-state index contributed by atoms with van der Waals surface area (Å²) in [4.78, 5) is 5.60. The van der Waals surface area contributed by atoms with Gasteiger partial charge in [-0.1, -0.05) is 0 Å². The molecular formula is C11H16N2S. The van der Waals surface area contributed by atoms with Crippen molar-refractivity contribution in [3.8, 4) is 11.8 Å². The van der Waals surface area contributed by atoms with E-state index in [9.17, 15) is 0 Å². The molecule has 76 valence electrons. The summed E-state index contributed by atoms with van der Waals surface area (Å²) < 4.78 is 0. The lowest BCUT2D eigenvalue weighted by Gasteiger charge is -2.00. The van der Waals surface area contributed by atoms with E-state index in [-0.39, 0.29) is 0 Å². The first kappa shape index (κ1) is 11.2. The van der Waals surface area contributed by atoms with Crippen molar-refractivity contribution in [3.05, 3.63) is 16.1 Å². The quantitative estimate of drug-likeness (QED) is 0.591. The summed E-state index contributed by atoms with van der Waals surface area (Å²) >= 11 is 1.74. The van der Waals surface area contributed by atoms with E-state index in [1.807, 2.05) is 12.4 Å². The van der Waals surface area contributed by atoms with Crippen molar-refractivity contribution in [2.45, 2.75) is 26.7 Å². The van der Waals surface area contributed by atoms with Crippen LogP contribution in [-0.2, 0) is 6.42 Å². The third kappa shape index (κ3) is 3.91. The highest BCUT2D eigenvalue weighted by Gasteiger charge is 1.99. The van der Waals surface area contributed by atoms with Gasteiger partial charge in [0, 0.05) is 24.4 Å². The standard InChI is InChI=1S/C11H16N2S/c1-3-4-5-7-12-8-6-11-10(2)13-9-14-11/h9,12H,5-8H2,1-2H3. The molecule has 0 aromatic carbocycles. The Hall–Kier alpha value is -0.850. The molecule has 0 radical (unpaired) electrons. The van der Waals surface area contributed by atoms with Crippen molar-refractivity contribution in [2.75, 3.05) is 13.1 Å². The first-order valence-corrected chi connectivity index (χ1v) is 5.72. The summed E-state index contributed by atoms with van der Waals surface area (Å²) in [7, 11) is 0. The van der Waals surface area contributed by atoms with Crippen molar-refractivity contribution in [3.63, 3.8) is 0 Å². The van der Waals surface area contributed by atoms with Gasteiger partial charge in [-0.15, -0.1) is 23.2 Å². The van der Waals surface area contributed by atoms with Crippen LogP contribution in [0.15, 0.2) is 5.51 Å². The number of nitrogens with one attached hydrogen (secondary N) is 1. The van der Waals surface area contributed by atoms with E-state index in [1.165, 1.54) is 10.6 Å². The molecule has 1 N–H and O–H groups in total. The average Bonchev–Trinajstić information content (AvgIpc) is 2.58. The number of thiazole rings is 1. The second kappa shape index (κ2) is 6.58. The molecule has 2 nitrogen and oxygen atoms in total.